The number of pyridine rings is 2. The van der Waals surface area contributed by atoms with Crippen LogP contribution in [-0.4, -0.2) is 48.0 Å². The summed E-state index contributed by atoms with van der Waals surface area (Å²) in [7, 11) is 0. The van der Waals surface area contributed by atoms with E-state index < -0.39 is 0 Å². The van der Waals surface area contributed by atoms with E-state index in [-0.39, 0.29) is 11.8 Å². The number of nitrogens with zero attached hydrogens (tertiary/aromatic N) is 4. The molecule has 6 aromatic rings. The molecule has 0 spiro atoms. The van der Waals surface area contributed by atoms with Crippen molar-refractivity contribution >= 4 is 58.1 Å². The first kappa shape index (κ1) is 35.4. The quantitative estimate of drug-likeness (QED) is 0.113. The Hall–Kier alpha value is -5.58. The zero-order valence-corrected chi connectivity index (χ0v) is 31.4. The number of nitrogens with one attached hydrogen (secondary N) is 2. The average Bonchev–Trinajstić information content (AvgIpc) is 3.22. The first-order valence-electron chi connectivity index (χ1n) is 18.4. The fraction of sp³-hybridized carbons (Fsp3) is 0.182. The van der Waals surface area contributed by atoms with E-state index in [2.05, 4.69) is 127 Å². The lowest BCUT2D eigenvalue weighted by molar-refractivity contribution is 0.0944. The van der Waals surface area contributed by atoms with Crippen LogP contribution in [0.25, 0.3) is 11.4 Å². The maximum absolute atomic E-state index is 13.1. The van der Waals surface area contributed by atoms with Crippen molar-refractivity contribution in [3.63, 3.8) is 0 Å². The molecular formula is C44H40N6O2S2. The van der Waals surface area contributed by atoms with Crippen molar-refractivity contribution in [2.45, 2.75) is 45.3 Å². The number of hydrogen-bond acceptors (Lipinski definition) is 8. The summed E-state index contributed by atoms with van der Waals surface area (Å²) in [4.78, 5) is 45.0. The molecule has 2 amide bonds. The maximum Gasteiger partial charge on any atom is 0.251 e. The Labute approximate surface area is 324 Å². The van der Waals surface area contributed by atoms with E-state index in [0.29, 0.717) is 35.6 Å². The van der Waals surface area contributed by atoms with E-state index in [0.717, 1.165) is 38.8 Å². The fourth-order valence-corrected chi connectivity index (χ4v) is 9.06. The molecule has 0 saturated carbocycles. The van der Waals surface area contributed by atoms with Gasteiger partial charge in [-0.15, -0.1) is 0 Å². The van der Waals surface area contributed by atoms with Gasteiger partial charge in [-0.3, -0.25) is 19.6 Å². The standard InChI is InChI=1S/C44H40N6O2S2/c51-43(47-23-9-11-27-49-35-13-1-5-17-39(35)53-40-18-6-2-14-36(40)49)31-21-25-45-33(29-31)34-30-32(22-26-46-34)44(52)48-24-10-12-28-50-37-15-3-7-19-41(37)54-42-20-8-4-16-38(42)50/h1-8,13-22,25-26,29-30H,9-12,23-24,27-28H2,(H,47,51)(H,48,52). The van der Waals surface area contributed by atoms with Gasteiger partial charge >= 0.3 is 0 Å². The Kier molecular flexibility index (Phi) is 10.9. The molecule has 0 unspecified atom stereocenters. The zero-order valence-electron chi connectivity index (χ0n) is 29.8. The van der Waals surface area contributed by atoms with Crippen molar-refractivity contribution in [1.82, 2.24) is 20.6 Å². The summed E-state index contributed by atoms with van der Waals surface area (Å²) < 4.78 is 0. The van der Waals surface area contributed by atoms with E-state index in [9.17, 15) is 9.59 Å². The van der Waals surface area contributed by atoms with Crippen molar-refractivity contribution in [2.75, 3.05) is 36.0 Å². The molecule has 0 aliphatic carbocycles. The normalized spacial score (nSPS) is 12.6. The van der Waals surface area contributed by atoms with Gasteiger partial charge in [-0.1, -0.05) is 72.1 Å². The van der Waals surface area contributed by atoms with Crippen LogP contribution in [-0.2, 0) is 0 Å². The minimum absolute atomic E-state index is 0.159. The van der Waals surface area contributed by atoms with Gasteiger partial charge in [-0.05, 0) is 98.5 Å². The topological polar surface area (TPSA) is 90.5 Å². The number of anilines is 4. The second-order valence-corrected chi connectivity index (χ2v) is 15.3. The van der Waals surface area contributed by atoms with E-state index >= 15 is 0 Å². The van der Waals surface area contributed by atoms with Crippen molar-refractivity contribution in [1.29, 1.82) is 0 Å². The van der Waals surface area contributed by atoms with Crippen LogP contribution in [0.2, 0.25) is 0 Å². The van der Waals surface area contributed by atoms with Gasteiger partial charge in [0.05, 0.1) is 34.1 Å². The lowest BCUT2D eigenvalue weighted by atomic mass is 10.1. The molecule has 4 aromatic carbocycles. The molecule has 0 bridgehead atoms. The number of carbonyl (C=O) groups excluding carboxylic acids is 2. The van der Waals surface area contributed by atoms with Crippen molar-refractivity contribution in [2.24, 2.45) is 0 Å². The molecule has 8 nitrogen and oxygen atoms in total. The van der Waals surface area contributed by atoms with E-state index in [1.54, 1.807) is 36.7 Å². The van der Waals surface area contributed by atoms with Gasteiger partial charge in [0.2, 0.25) is 0 Å². The molecule has 2 N–H and O–H groups in total. The fourth-order valence-electron chi connectivity index (χ4n) is 6.87. The van der Waals surface area contributed by atoms with Gasteiger partial charge in [0.15, 0.2) is 0 Å². The number of rotatable bonds is 13. The third-order valence-electron chi connectivity index (χ3n) is 9.56. The van der Waals surface area contributed by atoms with Crippen LogP contribution in [0.4, 0.5) is 22.7 Å². The molecule has 0 fully saturated rings. The van der Waals surface area contributed by atoms with Crippen molar-refractivity contribution < 1.29 is 9.59 Å². The lowest BCUT2D eigenvalue weighted by Gasteiger charge is -2.32. The summed E-state index contributed by atoms with van der Waals surface area (Å²) in [6, 6.07) is 40.9. The SMILES string of the molecule is O=C(NCCCCN1c2ccccc2Sc2ccccc21)c1ccnc(-c2cc(C(=O)NCCCCN3c4ccccc4Sc4ccccc43)ccn2)c1. The summed E-state index contributed by atoms with van der Waals surface area (Å²) in [6.45, 7) is 2.85. The van der Waals surface area contributed by atoms with E-state index in [1.807, 2.05) is 23.5 Å². The summed E-state index contributed by atoms with van der Waals surface area (Å²) in [5.41, 5.74) is 7.00. The van der Waals surface area contributed by atoms with Gasteiger partial charge in [0.25, 0.3) is 11.8 Å². The highest BCUT2D eigenvalue weighted by Crippen LogP contribution is 2.49. The Morgan fingerprint density at radius 3 is 1.20 bits per heavy atom. The largest absolute Gasteiger partial charge is 0.352 e. The van der Waals surface area contributed by atoms with Gasteiger partial charge in [-0.25, -0.2) is 0 Å². The van der Waals surface area contributed by atoms with E-state index in [4.69, 9.17) is 0 Å². The number of aromatic nitrogens is 2. The molecule has 0 saturated heterocycles. The van der Waals surface area contributed by atoms with Crippen LogP contribution in [0.1, 0.15) is 46.4 Å². The Balaban J connectivity index is 0.813. The lowest BCUT2D eigenvalue weighted by Crippen LogP contribution is -2.26. The number of hydrogen-bond donors (Lipinski definition) is 2. The number of amides is 2. The van der Waals surface area contributed by atoms with Crippen LogP contribution in [0.15, 0.2) is 153 Å². The van der Waals surface area contributed by atoms with Crippen LogP contribution in [0.5, 0.6) is 0 Å². The Bertz CT molecular complexity index is 2050. The Morgan fingerprint density at radius 2 is 0.833 bits per heavy atom. The van der Waals surface area contributed by atoms with Crippen LogP contribution in [0, 0.1) is 0 Å². The third kappa shape index (κ3) is 7.85. The molecular weight excluding hydrogens is 709 g/mol. The van der Waals surface area contributed by atoms with Crippen molar-refractivity contribution in [3.8, 4) is 11.4 Å². The zero-order chi connectivity index (χ0) is 36.7. The highest BCUT2D eigenvalue weighted by atomic mass is 32.2. The molecule has 2 aliphatic heterocycles. The first-order chi connectivity index (χ1) is 26.6. The summed E-state index contributed by atoms with van der Waals surface area (Å²) in [6.07, 6.45) is 6.76. The molecule has 0 atom stereocenters. The monoisotopic (exact) mass is 748 g/mol. The number of unbranched alkanes of at least 4 members (excludes halogenated alkanes) is 2. The number of fused-ring (bicyclic) bond motifs is 4. The molecule has 54 heavy (non-hydrogen) atoms. The summed E-state index contributed by atoms with van der Waals surface area (Å²) in [5.74, 6) is -0.319. The molecule has 8 rings (SSSR count). The van der Waals surface area contributed by atoms with Gasteiger partial charge < -0.3 is 20.4 Å². The smallest absolute Gasteiger partial charge is 0.251 e. The number of benzene rings is 4. The predicted molar refractivity (Wildman–Crippen MR) is 219 cm³/mol. The molecule has 4 heterocycles. The second-order valence-electron chi connectivity index (χ2n) is 13.2. The number of carbonyl (C=O) groups is 2. The van der Waals surface area contributed by atoms with Crippen LogP contribution >= 0.6 is 23.5 Å². The van der Waals surface area contributed by atoms with Gasteiger partial charge in [0.1, 0.15) is 0 Å². The Morgan fingerprint density at radius 1 is 0.481 bits per heavy atom. The maximum atomic E-state index is 13.1. The molecule has 10 heteroatoms. The van der Waals surface area contributed by atoms with Crippen LogP contribution in [0.3, 0.4) is 0 Å². The van der Waals surface area contributed by atoms with Crippen LogP contribution < -0.4 is 20.4 Å². The highest BCUT2D eigenvalue weighted by Gasteiger charge is 2.24. The summed E-state index contributed by atoms with van der Waals surface area (Å²) >= 11 is 3.62. The minimum atomic E-state index is -0.159. The molecule has 2 aromatic heterocycles. The predicted octanol–water partition coefficient (Wildman–Crippen LogP) is 9.77. The molecule has 270 valence electrons. The highest BCUT2D eigenvalue weighted by molar-refractivity contribution is 8.00. The second kappa shape index (κ2) is 16.6. The summed E-state index contributed by atoms with van der Waals surface area (Å²) in [5, 5.41) is 6.14. The molecule has 0 radical (unpaired) electrons. The molecule has 2 aliphatic rings. The number of para-hydroxylation sites is 4. The van der Waals surface area contributed by atoms with E-state index in [1.165, 1.54) is 42.3 Å². The first-order valence-corrected chi connectivity index (χ1v) is 20.0. The third-order valence-corrected chi connectivity index (χ3v) is 11.8. The average molecular weight is 749 g/mol. The van der Waals surface area contributed by atoms with Crippen molar-refractivity contribution in [3.05, 3.63) is 145 Å². The minimum Gasteiger partial charge on any atom is -0.352 e. The van der Waals surface area contributed by atoms with Gasteiger partial charge in [0, 0.05) is 69.3 Å². The van der Waals surface area contributed by atoms with Gasteiger partial charge in [-0.2, -0.15) is 0 Å².